The van der Waals surface area contributed by atoms with Gasteiger partial charge in [0, 0.05) is 35.6 Å². The topological polar surface area (TPSA) is 43.4 Å². The Bertz CT molecular complexity index is 368. The maximum Gasteiger partial charge on any atom is 0.218 e. The van der Waals surface area contributed by atoms with Crippen molar-refractivity contribution < 1.29 is 9.47 Å². The first-order valence-electron chi connectivity index (χ1n) is 5.83. The molecule has 0 bridgehead atoms. The lowest BCUT2D eigenvalue weighted by molar-refractivity contribution is 0.0233. The van der Waals surface area contributed by atoms with Crippen molar-refractivity contribution in [2.24, 2.45) is 0 Å². The summed E-state index contributed by atoms with van der Waals surface area (Å²) in [4.78, 5) is 4.34. The maximum absolute atomic E-state index is 5.94. The number of pyridine rings is 1. The summed E-state index contributed by atoms with van der Waals surface area (Å²) in [6.45, 7) is 2.32. The Balaban J connectivity index is 2.07. The van der Waals surface area contributed by atoms with Gasteiger partial charge in [-0.25, -0.2) is 4.98 Å². The molecular formula is C12H17BrN2O2. The van der Waals surface area contributed by atoms with E-state index >= 15 is 0 Å². The van der Waals surface area contributed by atoms with Crippen molar-refractivity contribution >= 4 is 15.9 Å². The van der Waals surface area contributed by atoms with Crippen LogP contribution in [-0.4, -0.2) is 31.3 Å². The zero-order valence-electron chi connectivity index (χ0n) is 9.91. The predicted molar refractivity (Wildman–Crippen MR) is 69.2 cm³/mol. The summed E-state index contributed by atoms with van der Waals surface area (Å²) in [7, 11) is 1.92. The van der Waals surface area contributed by atoms with E-state index in [4.69, 9.17) is 9.47 Å². The summed E-state index contributed by atoms with van der Waals surface area (Å²) < 4.78 is 12.2. The molecule has 1 aromatic rings. The summed E-state index contributed by atoms with van der Waals surface area (Å²) in [5.41, 5.74) is 1.08. The Morgan fingerprint density at radius 1 is 1.53 bits per heavy atom. The van der Waals surface area contributed by atoms with Crippen molar-refractivity contribution in [2.45, 2.75) is 25.5 Å². The average Bonchev–Trinajstić information content (AvgIpc) is 2.34. The van der Waals surface area contributed by atoms with Gasteiger partial charge in [-0.05, 0) is 29.0 Å². The van der Waals surface area contributed by atoms with Crippen LogP contribution in [0.5, 0.6) is 5.88 Å². The molecule has 1 aliphatic rings. The minimum absolute atomic E-state index is 0.230. The van der Waals surface area contributed by atoms with Crippen LogP contribution < -0.4 is 10.1 Å². The van der Waals surface area contributed by atoms with Crippen LogP contribution in [0.2, 0.25) is 0 Å². The lowest BCUT2D eigenvalue weighted by Gasteiger charge is -2.23. The summed E-state index contributed by atoms with van der Waals surface area (Å²) in [5.74, 6) is 0.731. The molecule has 1 fully saturated rings. The molecule has 17 heavy (non-hydrogen) atoms. The van der Waals surface area contributed by atoms with Crippen LogP contribution in [0, 0.1) is 0 Å². The molecular weight excluding hydrogens is 284 g/mol. The summed E-state index contributed by atoms with van der Waals surface area (Å²) in [6.07, 6.45) is 3.88. The van der Waals surface area contributed by atoms with Crippen molar-refractivity contribution in [3.05, 3.63) is 22.3 Å². The zero-order chi connectivity index (χ0) is 12.1. The fraction of sp³-hybridized carbons (Fsp3) is 0.583. The first-order valence-corrected chi connectivity index (χ1v) is 6.62. The highest BCUT2D eigenvalue weighted by molar-refractivity contribution is 9.10. The van der Waals surface area contributed by atoms with E-state index in [0.717, 1.165) is 48.5 Å². The van der Waals surface area contributed by atoms with E-state index in [1.165, 1.54) is 0 Å². The molecule has 0 amide bonds. The molecule has 2 heterocycles. The minimum Gasteiger partial charge on any atom is -0.474 e. The van der Waals surface area contributed by atoms with Crippen LogP contribution in [0.4, 0.5) is 0 Å². The minimum atomic E-state index is 0.230. The highest BCUT2D eigenvalue weighted by Gasteiger charge is 2.17. The Morgan fingerprint density at radius 3 is 3.00 bits per heavy atom. The molecule has 5 heteroatoms. The number of nitrogens with zero attached hydrogens (tertiary/aromatic N) is 1. The van der Waals surface area contributed by atoms with E-state index in [0.29, 0.717) is 0 Å². The number of hydrogen-bond acceptors (Lipinski definition) is 4. The Hall–Kier alpha value is -0.650. The molecule has 1 aromatic heterocycles. The predicted octanol–water partition coefficient (Wildman–Crippen LogP) is 2.12. The van der Waals surface area contributed by atoms with Gasteiger partial charge >= 0.3 is 0 Å². The zero-order valence-corrected chi connectivity index (χ0v) is 11.5. The molecule has 0 aromatic carbocycles. The van der Waals surface area contributed by atoms with E-state index in [-0.39, 0.29) is 6.10 Å². The molecule has 0 spiro atoms. The second-order valence-corrected chi connectivity index (χ2v) is 4.99. The quantitative estimate of drug-likeness (QED) is 0.925. The number of rotatable bonds is 4. The van der Waals surface area contributed by atoms with Crippen molar-refractivity contribution in [1.82, 2.24) is 10.3 Å². The molecule has 4 nitrogen and oxygen atoms in total. The van der Waals surface area contributed by atoms with E-state index < -0.39 is 0 Å². The van der Waals surface area contributed by atoms with Crippen LogP contribution in [0.25, 0.3) is 0 Å². The Morgan fingerprint density at radius 2 is 2.29 bits per heavy atom. The van der Waals surface area contributed by atoms with Crippen LogP contribution in [0.15, 0.2) is 16.7 Å². The normalized spacial score (nSPS) is 17.1. The standard InChI is InChI=1S/C12H17BrN2O2/c1-14-7-9-6-10(13)8-15-12(9)17-11-2-4-16-5-3-11/h6,8,11,14H,2-5,7H2,1H3. The number of nitrogens with one attached hydrogen (secondary N) is 1. The first kappa shape index (κ1) is 12.8. The van der Waals surface area contributed by atoms with E-state index in [1.54, 1.807) is 6.20 Å². The van der Waals surface area contributed by atoms with Crippen molar-refractivity contribution in [2.75, 3.05) is 20.3 Å². The summed E-state index contributed by atoms with van der Waals surface area (Å²) in [5, 5.41) is 3.12. The molecule has 0 saturated carbocycles. The van der Waals surface area contributed by atoms with Crippen molar-refractivity contribution in [3.8, 4) is 5.88 Å². The molecule has 0 atom stereocenters. The molecule has 0 unspecified atom stereocenters. The summed E-state index contributed by atoms with van der Waals surface area (Å²) in [6, 6.07) is 2.04. The first-order chi connectivity index (χ1) is 8.29. The third kappa shape index (κ3) is 3.66. The van der Waals surface area contributed by atoms with E-state index in [1.807, 2.05) is 13.1 Å². The lowest BCUT2D eigenvalue weighted by atomic mass is 10.1. The van der Waals surface area contributed by atoms with Crippen molar-refractivity contribution in [1.29, 1.82) is 0 Å². The van der Waals surface area contributed by atoms with Gasteiger partial charge in [-0.2, -0.15) is 0 Å². The van der Waals surface area contributed by atoms with Gasteiger partial charge in [0.1, 0.15) is 6.10 Å². The number of hydrogen-bond donors (Lipinski definition) is 1. The second-order valence-electron chi connectivity index (χ2n) is 4.08. The van der Waals surface area contributed by atoms with Gasteiger partial charge in [0.2, 0.25) is 5.88 Å². The number of ether oxygens (including phenoxy) is 2. The average molecular weight is 301 g/mol. The fourth-order valence-electron chi connectivity index (χ4n) is 1.84. The van der Waals surface area contributed by atoms with Crippen LogP contribution in [0.3, 0.4) is 0 Å². The van der Waals surface area contributed by atoms with Crippen LogP contribution in [0.1, 0.15) is 18.4 Å². The fourth-order valence-corrected chi connectivity index (χ4v) is 2.22. The molecule has 2 rings (SSSR count). The Labute approximate surface area is 110 Å². The monoisotopic (exact) mass is 300 g/mol. The number of halogens is 1. The molecule has 1 N–H and O–H groups in total. The third-order valence-corrected chi connectivity index (χ3v) is 3.14. The lowest BCUT2D eigenvalue weighted by Crippen LogP contribution is -2.27. The van der Waals surface area contributed by atoms with Gasteiger partial charge in [-0.1, -0.05) is 0 Å². The molecule has 94 valence electrons. The van der Waals surface area contributed by atoms with Crippen LogP contribution >= 0.6 is 15.9 Å². The second kappa shape index (κ2) is 6.33. The smallest absolute Gasteiger partial charge is 0.218 e. The van der Waals surface area contributed by atoms with Gasteiger partial charge in [0.05, 0.1) is 13.2 Å². The summed E-state index contributed by atoms with van der Waals surface area (Å²) >= 11 is 3.43. The van der Waals surface area contributed by atoms with Gasteiger partial charge in [0.25, 0.3) is 0 Å². The molecule has 0 aliphatic carbocycles. The molecule has 0 radical (unpaired) electrons. The molecule has 1 aliphatic heterocycles. The highest BCUT2D eigenvalue weighted by Crippen LogP contribution is 2.23. The number of aromatic nitrogens is 1. The maximum atomic E-state index is 5.94. The van der Waals surface area contributed by atoms with Crippen molar-refractivity contribution in [3.63, 3.8) is 0 Å². The van der Waals surface area contributed by atoms with E-state index in [9.17, 15) is 0 Å². The SMILES string of the molecule is CNCc1cc(Br)cnc1OC1CCOCC1. The largest absolute Gasteiger partial charge is 0.474 e. The van der Waals surface area contributed by atoms with E-state index in [2.05, 4.69) is 26.2 Å². The Kier molecular flexibility index (Phi) is 4.76. The van der Waals surface area contributed by atoms with Crippen LogP contribution in [-0.2, 0) is 11.3 Å². The van der Waals surface area contributed by atoms with Gasteiger partial charge in [-0.3, -0.25) is 0 Å². The molecule has 1 saturated heterocycles. The third-order valence-electron chi connectivity index (χ3n) is 2.71. The highest BCUT2D eigenvalue weighted by atomic mass is 79.9. The van der Waals surface area contributed by atoms with Gasteiger partial charge in [0.15, 0.2) is 0 Å². The van der Waals surface area contributed by atoms with Gasteiger partial charge < -0.3 is 14.8 Å². The van der Waals surface area contributed by atoms with Gasteiger partial charge in [-0.15, -0.1) is 0 Å².